The molecule has 1 aliphatic heterocycles. The van der Waals surface area contributed by atoms with E-state index in [9.17, 15) is 10.1 Å². The highest BCUT2D eigenvalue weighted by atomic mass is 79.9. The highest BCUT2D eigenvalue weighted by Crippen LogP contribution is 2.43. The SMILES string of the molecule is CCCCCOc1ccc(C2C(C#N)=C(N)Oc3cc(OC(=O)c4ccc(Br)cc4)ccc32)cc1. The van der Waals surface area contributed by atoms with Gasteiger partial charge in [0.1, 0.15) is 28.9 Å². The van der Waals surface area contributed by atoms with Crippen molar-refractivity contribution in [2.75, 3.05) is 6.61 Å². The van der Waals surface area contributed by atoms with Gasteiger partial charge in [0.25, 0.3) is 0 Å². The molecule has 0 saturated heterocycles. The summed E-state index contributed by atoms with van der Waals surface area (Å²) in [4.78, 5) is 12.5. The molecule has 0 amide bonds. The lowest BCUT2D eigenvalue weighted by Gasteiger charge is -2.26. The number of benzene rings is 3. The van der Waals surface area contributed by atoms with Crippen molar-refractivity contribution in [2.24, 2.45) is 5.73 Å². The number of nitrogens with two attached hydrogens (primary N) is 1. The molecule has 3 aromatic carbocycles. The van der Waals surface area contributed by atoms with Crippen LogP contribution >= 0.6 is 15.9 Å². The van der Waals surface area contributed by atoms with Gasteiger partial charge in [-0.1, -0.05) is 53.9 Å². The fraction of sp³-hybridized carbons (Fsp3) is 0.214. The van der Waals surface area contributed by atoms with Gasteiger partial charge in [-0.25, -0.2) is 4.79 Å². The third-order valence-electron chi connectivity index (χ3n) is 5.71. The number of unbranched alkanes of at least 4 members (excludes halogenated alkanes) is 2. The summed E-state index contributed by atoms with van der Waals surface area (Å²) in [6, 6.07) is 21.8. The van der Waals surface area contributed by atoms with Crippen molar-refractivity contribution in [3.8, 4) is 23.3 Å². The average Bonchev–Trinajstić information content (AvgIpc) is 2.86. The van der Waals surface area contributed by atoms with E-state index in [0.29, 0.717) is 29.2 Å². The van der Waals surface area contributed by atoms with Gasteiger partial charge in [-0.3, -0.25) is 0 Å². The summed E-state index contributed by atoms with van der Waals surface area (Å²) in [5, 5.41) is 9.79. The lowest BCUT2D eigenvalue weighted by atomic mass is 9.83. The molecule has 35 heavy (non-hydrogen) atoms. The normalized spacial score (nSPS) is 14.5. The number of ether oxygens (including phenoxy) is 3. The monoisotopic (exact) mass is 532 g/mol. The van der Waals surface area contributed by atoms with Crippen LogP contribution in [-0.2, 0) is 0 Å². The molecule has 3 aromatic rings. The molecule has 0 fully saturated rings. The highest BCUT2D eigenvalue weighted by Gasteiger charge is 2.31. The van der Waals surface area contributed by atoms with Crippen molar-refractivity contribution < 1.29 is 19.0 Å². The molecule has 0 saturated carbocycles. The average molecular weight is 533 g/mol. The van der Waals surface area contributed by atoms with E-state index < -0.39 is 11.9 Å². The smallest absolute Gasteiger partial charge is 0.343 e. The first kappa shape index (κ1) is 24.4. The van der Waals surface area contributed by atoms with Crippen LogP contribution in [0.15, 0.2) is 82.7 Å². The molecule has 7 heteroatoms. The van der Waals surface area contributed by atoms with Gasteiger partial charge in [-0.15, -0.1) is 0 Å². The number of esters is 1. The quantitative estimate of drug-likeness (QED) is 0.203. The van der Waals surface area contributed by atoms with Crippen molar-refractivity contribution in [1.82, 2.24) is 0 Å². The number of allylic oxidation sites excluding steroid dienone is 1. The number of carbonyl (C=O) groups is 1. The van der Waals surface area contributed by atoms with Gasteiger partial charge in [0.2, 0.25) is 5.88 Å². The fourth-order valence-electron chi connectivity index (χ4n) is 3.89. The van der Waals surface area contributed by atoms with Crippen LogP contribution in [0, 0.1) is 11.3 Å². The zero-order valence-electron chi connectivity index (χ0n) is 19.3. The van der Waals surface area contributed by atoms with E-state index in [4.69, 9.17) is 19.9 Å². The predicted molar refractivity (Wildman–Crippen MR) is 136 cm³/mol. The van der Waals surface area contributed by atoms with E-state index in [2.05, 4.69) is 28.9 Å². The van der Waals surface area contributed by atoms with Crippen LogP contribution in [0.5, 0.6) is 17.2 Å². The van der Waals surface area contributed by atoms with Gasteiger partial charge in [0, 0.05) is 16.1 Å². The lowest BCUT2D eigenvalue weighted by molar-refractivity contribution is 0.0734. The molecule has 6 nitrogen and oxygen atoms in total. The summed E-state index contributed by atoms with van der Waals surface area (Å²) >= 11 is 3.35. The summed E-state index contributed by atoms with van der Waals surface area (Å²) in [6.45, 7) is 2.83. The fourth-order valence-corrected chi connectivity index (χ4v) is 4.16. The molecule has 1 aliphatic rings. The van der Waals surface area contributed by atoms with E-state index in [-0.39, 0.29) is 5.88 Å². The van der Waals surface area contributed by atoms with Crippen LogP contribution in [0.2, 0.25) is 0 Å². The number of nitrogens with zero attached hydrogens (tertiary/aromatic N) is 1. The molecule has 1 atom stereocenters. The molecule has 2 N–H and O–H groups in total. The molecule has 0 aromatic heterocycles. The molecular weight excluding hydrogens is 508 g/mol. The molecule has 4 rings (SSSR count). The minimum atomic E-state index is -0.486. The second-order valence-corrected chi connectivity index (χ2v) is 9.06. The summed E-state index contributed by atoms with van der Waals surface area (Å²) in [6.07, 6.45) is 3.28. The number of carbonyl (C=O) groups excluding carboxylic acids is 1. The number of hydrogen-bond donors (Lipinski definition) is 1. The summed E-state index contributed by atoms with van der Waals surface area (Å²) in [5.41, 5.74) is 8.51. The Bertz CT molecular complexity index is 1280. The molecular formula is C28H25BrN2O4. The molecule has 0 radical (unpaired) electrons. The molecule has 1 heterocycles. The Labute approximate surface area is 213 Å². The number of hydrogen-bond acceptors (Lipinski definition) is 6. The van der Waals surface area contributed by atoms with Crippen LogP contribution in [0.4, 0.5) is 0 Å². The van der Waals surface area contributed by atoms with Crippen LogP contribution in [0.1, 0.15) is 53.6 Å². The van der Waals surface area contributed by atoms with Gasteiger partial charge in [0.15, 0.2) is 0 Å². The zero-order valence-corrected chi connectivity index (χ0v) is 20.9. The van der Waals surface area contributed by atoms with Crippen LogP contribution in [-0.4, -0.2) is 12.6 Å². The number of nitriles is 1. The first-order valence-electron chi connectivity index (χ1n) is 11.4. The minimum Gasteiger partial charge on any atom is -0.494 e. The zero-order chi connectivity index (χ0) is 24.8. The largest absolute Gasteiger partial charge is 0.494 e. The first-order valence-corrected chi connectivity index (χ1v) is 12.2. The number of halogens is 1. The second-order valence-electron chi connectivity index (χ2n) is 8.15. The Morgan fingerprint density at radius 3 is 2.46 bits per heavy atom. The first-order chi connectivity index (χ1) is 17.0. The van der Waals surface area contributed by atoms with E-state index in [1.807, 2.05) is 24.3 Å². The predicted octanol–water partition coefficient (Wildman–Crippen LogP) is 6.46. The third-order valence-corrected chi connectivity index (χ3v) is 6.24. The Morgan fingerprint density at radius 1 is 1.06 bits per heavy atom. The molecule has 0 spiro atoms. The van der Waals surface area contributed by atoms with Gasteiger partial charge >= 0.3 is 5.97 Å². The highest BCUT2D eigenvalue weighted by molar-refractivity contribution is 9.10. The standard InChI is InChI=1S/C28H25BrN2O4/c1-2-3-4-15-33-21-11-7-18(8-12-21)26-23-14-13-22(16-25(23)35-27(31)24(26)17-30)34-28(32)19-5-9-20(29)10-6-19/h5-14,16,26H,2-4,15,31H2,1H3. The lowest BCUT2D eigenvalue weighted by Crippen LogP contribution is -2.21. The number of fused-ring (bicyclic) bond motifs is 1. The maximum Gasteiger partial charge on any atom is 0.343 e. The minimum absolute atomic E-state index is 0.0290. The Balaban J connectivity index is 1.57. The molecule has 0 bridgehead atoms. The van der Waals surface area contributed by atoms with Gasteiger partial charge in [-0.05, 0) is 54.4 Å². The molecule has 1 unspecified atom stereocenters. The van der Waals surface area contributed by atoms with Crippen LogP contribution < -0.4 is 19.9 Å². The topological polar surface area (TPSA) is 94.6 Å². The van der Waals surface area contributed by atoms with Crippen molar-refractivity contribution in [3.05, 3.63) is 99.3 Å². The van der Waals surface area contributed by atoms with E-state index in [1.165, 1.54) is 0 Å². The van der Waals surface area contributed by atoms with E-state index >= 15 is 0 Å². The van der Waals surface area contributed by atoms with Gasteiger partial charge in [-0.2, -0.15) is 5.26 Å². The van der Waals surface area contributed by atoms with Crippen LogP contribution in [0.25, 0.3) is 0 Å². The van der Waals surface area contributed by atoms with Crippen molar-refractivity contribution >= 4 is 21.9 Å². The maximum atomic E-state index is 12.5. The summed E-state index contributed by atoms with van der Waals surface area (Å²) in [7, 11) is 0. The van der Waals surface area contributed by atoms with E-state index in [0.717, 1.165) is 40.6 Å². The van der Waals surface area contributed by atoms with Crippen LogP contribution in [0.3, 0.4) is 0 Å². The van der Waals surface area contributed by atoms with Gasteiger partial charge in [0.05, 0.1) is 18.1 Å². The van der Waals surface area contributed by atoms with Gasteiger partial charge < -0.3 is 19.9 Å². The Morgan fingerprint density at radius 2 is 1.77 bits per heavy atom. The third kappa shape index (κ3) is 5.67. The van der Waals surface area contributed by atoms with Crippen molar-refractivity contribution in [1.29, 1.82) is 5.26 Å². The summed E-state index contributed by atoms with van der Waals surface area (Å²) < 4.78 is 18.0. The van der Waals surface area contributed by atoms with Crippen molar-refractivity contribution in [2.45, 2.75) is 32.1 Å². The Kier molecular flexibility index (Phi) is 7.74. The summed E-state index contributed by atoms with van der Waals surface area (Å²) in [5.74, 6) is 0.672. The second kappa shape index (κ2) is 11.1. The van der Waals surface area contributed by atoms with Crippen molar-refractivity contribution in [3.63, 3.8) is 0 Å². The molecule has 178 valence electrons. The van der Waals surface area contributed by atoms with E-state index in [1.54, 1.807) is 42.5 Å². The number of rotatable bonds is 8. The molecule has 0 aliphatic carbocycles. The Hall–Kier alpha value is -3.76. The maximum absolute atomic E-state index is 12.5.